The topological polar surface area (TPSA) is 32.3 Å². The molecule has 0 saturated heterocycles. The Hall–Kier alpha value is -2.17. The first-order chi connectivity index (χ1) is 8.56. The van der Waals surface area contributed by atoms with E-state index < -0.39 is 23.2 Å². The number of halogens is 3. The number of benzene rings is 2. The van der Waals surface area contributed by atoms with Crippen molar-refractivity contribution in [3.8, 4) is 5.75 Å². The zero-order valence-corrected chi connectivity index (χ0v) is 9.25. The maximum atomic E-state index is 13.0. The van der Waals surface area contributed by atoms with Crippen molar-refractivity contribution in [3.05, 3.63) is 59.4 Å². The molecule has 0 bridgehead atoms. The fraction of sp³-hybridized carbons (Fsp3) is 0.0769. The Morgan fingerprint density at radius 2 is 1.67 bits per heavy atom. The van der Waals surface area contributed by atoms with E-state index in [1.54, 1.807) is 0 Å². The number of rotatable bonds is 3. The van der Waals surface area contributed by atoms with Crippen molar-refractivity contribution in [3.63, 3.8) is 0 Å². The van der Waals surface area contributed by atoms with Crippen LogP contribution in [0.2, 0.25) is 0 Å². The molecule has 0 heterocycles. The summed E-state index contributed by atoms with van der Waals surface area (Å²) in [7, 11) is 0. The van der Waals surface area contributed by atoms with E-state index >= 15 is 0 Å². The van der Waals surface area contributed by atoms with Crippen molar-refractivity contribution in [2.45, 2.75) is 6.54 Å². The average molecular weight is 253 g/mol. The van der Waals surface area contributed by atoms with Gasteiger partial charge in [0.1, 0.15) is 0 Å². The van der Waals surface area contributed by atoms with Crippen molar-refractivity contribution in [1.29, 1.82) is 0 Å². The number of phenolic OH excluding ortho intramolecular Hbond substituents is 1. The molecule has 0 fully saturated rings. The second-order valence-electron chi connectivity index (χ2n) is 3.77. The average Bonchev–Trinajstić information content (AvgIpc) is 2.35. The van der Waals surface area contributed by atoms with Crippen LogP contribution >= 0.6 is 0 Å². The minimum Gasteiger partial charge on any atom is -0.505 e. The normalized spacial score (nSPS) is 10.4. The lowest BCUT2D eigenvalue weighted by atomic mass is 10.2. The van der Waals surface area contributed by atoms with Crippen LogP contribution in [0.3, 0.4) is 0 Å². The third-order valence-corrected chi connectivity index (χ3v) is 2.43. The van der Waals surface area contributed by atoms with Gasteiger partial charge in [-0.05, 0) is 29.8 Å². The van der Waals surface area contributed by atoms with Crippen molar-refractivity contribution in [2.75, 3.05) is 5.32 Å². The summed E-state index contributed by atoms with van der Waals surface area (Å²) in [5.41, 5.74) is 0.970. The molecule has 0 spiro atoms. The molecular formula is C13H10F3NO. The van der Waals surface area contributed by atoms with E-state index in [2.05, 4.69) is 5.32 Å². The molecule has 94 valence electrons. The maximum absolute atomic E-state index is 13.0. The zero-order valence-electron chi connectivity index (χ0n) is 9.25. The van der Waals surface area contributed by atoms with Crippen molar-refractivity contribution in [1.82, 2.24) is 0 Å². The Labute approximate surface area is 102 Å². The van der Waals surface area contributed by atoms with Gasteiger partial charge in [0.15, 0.2) is 23.2 Å². The van der Waals surface area contributed by atoms with Crippen molar-refractivity contribution >= 4 is 5.69 Å². The van der Waals surface area contributed by atoms with Crippen LogP contribution in [0.4, 0.5) is 18.9 Å². The molecule has 0 atom stereocenters. The lowest BCUT2D eigenvalue weighted by Crippen LogP contribution is -2.00. The lowest BCUT2D eigenvalue weighted by molar-refractivity contribution is 0.432. The second kappa shape index (κ2) is 5.00. The van der Waals surface area contributed by atoms with Gasteiger partial charge in [-0.2, -0.15) is 0 Å². The number of phenols is 1. The molecule has 0 saturated carbocycles. The van der Waals surface area contributed by atoms with E-state index in [-0.39, 0.29) is 6.54 Å². The van der Waals surface area contributed by atoms with E-state index in [0.717, 1.165) is 18.2 Å². The molecule has 0 aliphatic carbocycles. The smallest absolute Gasteiger partial charge is 0.166 e. The fourth-order valence-corrected chi connectivity index (χ4v) is 1.47. The van der Waals surface area contributed by atoms with Crippen LogP contribution in [0, 0.1) is 17.5 Å². The van der Waals surface area contributed by atoms with Crippen LogP contribution in [-0.4, -0.2) is 5.11 Å². The molecule has 2 rings (SSSR count). The number of hydrogen-bond acceptors (Lipinski definition) is 2. The Kier molecular flexibility index (Phi) is 3.41. The predicted molar refractivity (Wildman–Crippen MR) is 61.7 cm³/mol. The third kappa shape index (κ3) is 2.74. The first kappa shape index (κ1) is 12.3. The summed E-state index contributed by atoms with van der Waals surface area (Å²) in [4.78, 5) is 0. The van der Waals surface area contributed by atoms with E-state index in [1.807, 2.05) is 0 Å². The van der Waals surface area contributed by atoms with Gasteiger partial charge in [0.25, 0.3) is 0 Å². The highest BCUT2D eigenvalue weighted by molar-refractivity contribution is 5.47. The zero-order chi connectivity index (χ0) is 13.1. The Morgan fingerprint density at radius 3 is 2.33 bits per heavy atom. The molecule has 18 heavy (non-hydrogen) atoms. The van der Waals surface area contributed by atoms with E-state index in [0.29, 0.717) is 11.3 Å². The number of nitrogens with one attached hydrogen (secondary N) is 1. The van der Waals surface area contributed by atoms with Gasteiger partial charge >= 0.3 is 0 Å². The van der Waals surface area contributed by atoms with Gasteiger partial charge in [-0.15, -0.1) is 0 Å². The summed E-state index contributed by atoms with van der Waals surface area (Å²) >= 11 is 0. The van der Waals surface area contributed by atoms with Crippen molar-refractivity contribution in [2.24, 2.45) is 0 Å². The summed E-state index contributed by atoms with van der Waals surface area (Å²) < 4.78 is 38.6. The van der Waals surface area contributed by atoms with Gasteiger partial charge < -0.3 is 10.4 Å². The largest absolute Gasteiger partial charge is 0.505 e. The van der Waals surface area contributed by atoms with Crippen LogP contribution in [0.15, 0.2) is 36.4 Å². The number of aromatic hydroxyl groups is 1. The van der Waals surface area contributed by atoms with Crippen LogP contribution in [0.5, 0.6) is 5.75 Å². The van der Waals surface area contributed by atoms with E-state index in [4.69, 9.17) is 5.11 Å². The standard InChI is InChI=1S/C13H10F3NO/c14-10-3-1-8(5-11(10)15)7-17-9-2-4-13(18)12(16)6-9/h1-6,17-18H,7H2. The van der Waals surface area contributed by atoms with Gasteiger partial charge in [-0.1, -0.05) is 6.07 Å². The molecule has 0 amide bonds. The Balaban J connectivity index is 2.06. The monoisotopic (exact) mass is 253 g/mol. The molecule has 0 aliphatic rings. The summed E-state index contributed by atoms with van der Waals surface area (Å²) in [6.45, 7) is 0.224. The molecule has 0 aliphatic heterocycles. The molecule has 2 aromatic rings. The molecule has 0 unspecified atom stereocenters. The highest BCUT2D eigenvalue weighted by atomic mass is 19.2. The molecule has 2 nitrogen and oxygen atoms in total. The summed E-state index contributed by atoms with van der Waals surface area (Å²) in [5, 5.41) is 11.8. The highest BCUT2D eigenvalue weighted by Crippen LogP contribution is 2.20. The van der Waals surface area contributed by atoms with E-state index in [1.165, 1.54) is 18.2 Å². The van der Waals surface area contributed by atoms with Crippen LogP contribution < -0.4 is 5.32 Å². The highest BCUT2D eigenvalue weighted by Gasteiger charge is 2.04. The molecule has 0 aromatic heterocycles. The Bertz CT molecular complexity index is 521. The SMILES string of the molecule is Oc1ccc(NCc2ccc(F)c(F)c2)cc1F. The van der Waals surface area contributed by atoms with Crippen molar-refractivity contribution < 1.29 is 18.3 Å². The van der Waals surface area contributed by atoms with Crippen LogP contribution in [0.25, 0.3) is 0 Å². The predicted octanol–water partition coefficient (Wildman–Crippen LogP) is 3.42. The first-order valence-corrected chi connectivity index (χ1v) is 5.22. The van der Waals surface area contributed by atoms with Gasteiger partial charge in [-0.3, -0.25) is 0 Å². The van der Waals surface area contributed by atoms with Crippen LogP contribution in [-0.2, 0) is 6.54 Å². The van der Waals surface area contributed by atoms with Gasteiger partial charge in [0.05, 0.1) is 0 Å². The first-order valence-electron chi connectivity index (χ1n) is 5.22. The Morgan fingerprint density at radius 1 is 0.889 bits per heavy atom. The minimum atomic E-state index is -0.925. The van der Waals surface area contributed by atoms with Crippen LogP contribution in [0.1, 0.15) is 5.56 Å². The quantitative estimate of drug-likeness (QED) is 0.821. The third-order valence-electron chi connectivity index (χ3n) is 2.43. The molecule has 0 radical (unpaired) electrons. The maximum Gasteiger partial charge on any atom is 0.166 e. The number of anilines is 1. The number of hydrogen-bond donors (Lipinski definition) is 2. The fourth-order valence-electron chi connectivity index (χ4n) is 1.47. The summed E-state index contributed by atoms with van der Waals surface area (Å²) in [6.07, 6.45) is 0. The van der Waals surface area contributed by atoms with Gasteiger partial charge in [0, 0.05) is 18.3 Å². The molecule has 2 aromatic carbocycles. The summed E-state index contributed by atoms with van der Waals surface area (Å²) in [5.74, 6) is -3.01. The lowest BCUT2D eigenvalue weighted by Gasteiger charge is -2.07. The summed E-state index contributed by atoms with van der Waals surface area (Å²) in [6, 6.07) is 7.35. The molecular weight excluding hydrogens is 243 g/mol. The van der Waals surface area contributed by atoms with Gasteiger partial charge in [0.2, 0.25) is 0 Å². The second-order valence-corrected chi connectivity index (χ2v) is 3.77. The minimum absolute atomic E-state index is 0.224. The molecule has 5 heteroatoms. The van der Waals surface area contributed by atoms with E-state index in [9.17, 15) is 13.2 Å². The molecule has 2 N–H and O–H groups in total. The van der Waals surface area contributed by atoms with Gasteiger partial charge in [-0.25, -0.2) is 13.2 Å².